The van der Waals surface area contributed by atoms with Gasteiger partial charge in [-0.25, -0.2) is 0 Å². The molecule has 0 amide bonds. The Morgan fingerprint density at radius 2 is 1.19 bits per heavy atom. The molecule has 5 rings (SSSR count). The Bertz CT molecular complexity index is 1580. The van der Waals surface area contributed by atoms with Crippen LogP contribution >= 0.6 is 0 Å². The van der Waals surface area contributed by atoms with Crippen molar-refractivity contribution in [2.24, 2.45) is 11.3 Å². The van der Waals surface area contributed by atoms with Gasteiger partial charge in [0.2, 0.25) is 0 Å². The molecule has 0 radical (unpaired) electrons. The SMILES string of the molecule is CC[C](c1ccccc1)=[Zr]([C]1=CC(C(C)(C)C)=CC1C)[CH]1c2cc(C)c(C(C)(C)C)cc2-c2cc(C(C)(C)C)c(C)cc21. The second kappa shape index (κ2) is 11.4. The molecule has 2 aliphatic rings. The Kier molecular flexibility index (Phi) is 8.53. The summed E-state index contributed by atoms with van der Waals surface area (Å²) < 4.78 is 4.00. The Balaban J connectivity index is 1.91. The van der Waals surface area contributed by atoms with Gasteiger partial charge in [-0.15, -0.1) is 0 Å². The van der Waals surface area contributed by atoms with Gasteiger partial charge in [-0.2, -0.15) is 0 Å². The van der Waals surface area contributed by atoms with Crippen molar-refractivity contribution in [2.75, 3.05) is 0 Å². The summed E-state index contributed by atoms with van der Waals surface area (Å²) >= 11 is -2.60. The van der Waals surface area contributed by atoms with Crippen LogP contribution in [0.4, 0.5) is 0 Å². The van der Waals surface area contributed by atoms with Gasteiger partial charge in [0.15, 0.2) is 0 Å². The molecule has 1 atom stereocenters. The average molecular weight is 650 g/mol. The summed E-state index contributed by atoms with van der Waals surface area (Å²) in [6, 6.07) is 21.8. The van der Waals surface area contributed by atoms with Crippen molar-refractivity contribution in [1.29, 1.82) is 0 Å². The molecule has 2 aliphatic carbocycles. The molecule has 0 spiro atoms. The van der Waals surface area contributed by atoms with Crippen LogP contribution in [0.15, 0.2) is 75.6 Å². The van der Waals surface area contributed by atoms with Gasteiger partial charge in [0.05, 0.1) is 0 Å². The van der Waals surface area contributed by atoms with E-state index in [2.05, 4.69) is 157 Å². The Hall–Kier alpha value is -2.11. The molecular weight excluding hydrogens is 596 g/mol. The first-order chi connectivity index (χ1) is 19.9. The number of allylic oxidation sites excluding steroid dienone is 4. The van der Waals surface area contributed by atoms with Gasteiger partial charge < -0.3 is 0 Å². The first-order valence-electron chi connectivity index (χ1n) is 16.5. The first-order valence-corrected chi connectivity index (χ1v) is 20.3. The fraction of sp³-hybridized carbons (Fsp3) is 0.452. The summed E-state index contributed by atoms with van der Waals surface area (Å²) in [5.41, 5.74) is 15.4. The van der Waals surface area contributed by atoms with Crippen LogP contribution in [0, 0.1) is 25.2 Å². The third-order valence-electron chi connectivity index (χ3n) is 9.82. The molecule has 0 fully saturated rings. The first kappa shape index (κ1) is 32.3. The molecule has 1 heteroatoms. The molecular formula is C42H54Zr. The van der Waals surface area contributed by atoms with Gasteiger partial charge in [-0.3, -0.25) is 0 Å². The molecule has 0 bridgehead atoms. The van der Waals surface area contributed by atoms with Gasteiger partial charge in [-0.1, -0.05) is 0 Å². The van der Waals surface area contributed by atoms with Gasteiger partial charge in [0, 0.05) is 0 Å². The molecule has 43 heavy (non-hydrogen) atoms. The van der Waals surface area contributed by atoms with E-state index in [1.165, 1.54) is 44.5 Å². The van der Waals surface area contributed by atoms with Crippen LogP contribution < -0.4 is 0 Å². The van der Waals surface area contributed by atoms with Gasteiger partial charge in [0.1, 0.15) is 0 Å². The van der Waals surface area contributed by atoms with Crippen molar-refractivity contribution >= 4 is 3.21 Å². The summed E-state index contributed by atoms with van der Waals surface area (Å²) in [6.07, 6.45) is 6.38. The summed E-state index contributed by atoms with van der Waals surface area (Å²) in [6.45, 7) is 31.0. The van der Waals surface area contributed by atoms with E-state index in [1.807, 2.05) is 0 Å². The molecule has 3 aromatic carbocycles. The predicted octanol–water partition coefficient (Wildman–Crippen LogP) is 11.7. The third kappa shape index (κ3) is 5.98. The van der Waals surface area contributed by atoms with Gasteiger partial charge in [0.25, 0.3) is 0 Å². The molecule has 1 unspecified atom stereocenters. The predicted molar refractivity (Wildman–Crippen MR) is 186 cm³/mol. The van der Waals surface area contributed by atoms with E-state index in [4.69, 9.17) is 0 Å². The van der Waals surface area contributed by atoms with E-state index in [-0.39, 0.29) is 16.2 Å². The van der Waals surface area contributed by atoms with Crippen LogP contribution in [0.5, 0.6) is 0 Å². The van der Waals surface area contributed by atoms with Crippen molar-refractivity contribution in [3.8, 4) is 11.1 Å². The number of rotatable bonds is 4. The Morgan fingerprint density at radius 1 is 0.698 bits per heavy atom. The number of benzene rings is 3. The number of hydrogen-bond acceptors (Lipinski definition) is 0. The van der Waals surface area contributed by atoms with E-state index < -0.39 is 21.3 Å². The van der Waals surface area contributed by atoms with Crippen molar-refractivity contribution in [3.63, 3.8) is 0 Å². The monoisotopic (exact) mass is 648 g/mol. The normalized spacial score (nSPS) is 17.8. The fourth-order valence-corrected chi connectivity index (χ4v) is 17.2. The summed E-state index contributed by atoms with van der Waals surface area (Å²) in [5.74, 6) is 0.492. The maximum atomic E-state index is 2.67. The van der Waals surface area contributed by atoms with Crippen molar-refractivity contribution in [3.05, 3.63) is 115 Å². The molecule has 0 saturated heterocycles. The Labute approximate surface area is 270 Å². The third-order valence-corrected chi connectivity index (χ3v) is 18.9. The van der Waals surface area contributed by atoms with E-state index in [0.717, 1.165) is 6.42 Å². The zero-order chi connectivity index (χ0) is 31.6. The molecule has 0 N–H and O–H groups in total. The Morgan fingerprint density at radius 3 is 1.58 bits per heavy atom. The van der Waals surface area contributed by atoms with Crippen molar-refractivity contribution < 1.29 is 21.3 Å². The van der Waals surface area contributed by atoms with E-state index in [9.17, 15) is 0 Å². The standard InChI is InChI=1S/C23H29.C10H15.C9H10.Zr/c1-14-9-16-11-17-10-15(2)21(23(6,7)8)13-19(17)18(16)12-20(14)22(3,4)5;1-8-5-6-9(7-8)10(2,3)4;1-2-6-9-7-4-3-5-8-9;/h9-13H,1-8H3;6-8H,1-4H3;3-5,7-8H,2H2,1H3;. The van der Waals surface area contributed by atoms with Crippen LogP contribution in [0.25, 0.3) is 11.1 Å². The van der Waals surface area contributed by atoms with Crippen molar-refractivity contribution in [1.82, 2.24) is 0 Å². The van der Waals surface area contributed by atoms with E-state index in [1.54, 1.807) is 17.6 Å². The molecule has 0 nitrogen and oxygen atoms in total. The number of fused-ring (bicyclic) bond motifs is 3. The summed E-state index contributed by atoms with van der Waals surface area (Å²) in [7, 11) is 0. The molecule has 0 saturated carbocycles. The number of hydrogen-bond donors (Lipinski definition) is 0. The zero-order valence-corrected chi connectivity index (χ0v) is 31.7. The number of aryl methyl sites for hydroxylation is 2. The quantitative estimate of drug-likeness (QED) is 0.264. The minimum absolute atomic E-state index is 0.106. The molecule has 226 valence electrons. The molecule has 0 aromatic heterocycles. The van der Waals surface area contributed by atoms with Crippen LogP contribution in [-0.4, -0.2) is 3.21 Å². The fourth-order valence-electron chi connectivity index (χ4n) is 7.70. The van der Waals surface area contributed by atoms with Crippen LogP contribution in [-0.2, 0) is 32.1 Å². The van der Waals surface area contributed by atoms with Gasteiger partial charge >= 0.3 is 272 Å². The average Bonchev–Trinajstić information content (AvgIpc) is 3.43. The summed E-state index contributed by atoms with van der Waals surface area (Å²) in [5, 5.41) is 0. The van der Waals surface area contributed by atoms with Crippen LogP contribution in [0.2, 0.25) is 0 Å². The minimum atomic E-state index is -2.60. The topological polar surface area (TPSA) is 0 Å². The second-order valence-corrected chi connectivity index (χ2v) is 22.7. The van der Waals surface area contributed by atoms with Gasteiger partial charge in [-0.05, 0) is 0 Å². The molecule has 0 heterocycles. The summed E-state index contributed by atoms with van der Waals surface area (Å²) in [4.78, 5) is 0. The van der Waals surface area contributed by atoms with Crippen LogP contribution in [0.1, 0.15) is 125 Å². The van der Waals surface area contributed by atoms with E-state index >= 15 is 0 Å². The zero-order valence-electron chi connectivity index (χ0n) is 29.2. The van der Waals surface area contributed by atoms with Crippen LogP contribution in [0.3, 0.4) is 0 Å². The maximum absolute atomic E-state index is 2.67. The molecule has 0 aliphatic heterocycles. The second-order valence-electron chi connectivity index (χ2n) is 16.3. The van der Waals surface area contributed by atoms with E-state index in [0.29, 0.717) is 9.54 Å². The molecule has 3 aromatic rings. The van der Waals surface area contributed by atoms with Crippen molar-refractivity contribution in [2.45, 2.75) is 111 Å².